The molecule has 0 spiro atoms. The largest absolute Gasteiger partial charge is 0.479 e. The summed E-state index contributed by atoms with van der Waals surface area (Å²) in [6.07, 6.45) is 2.67. The number of pyridine rings is 2. The first-order chi connectivity index (χ1) is 20.4. The van der Waals surface area contributed by atoms with E-state index < -0.39 is 17.7 Å². The normalized spacial score (nSPS) is 12.7. The predicted octanol–water partition coefficient (Wildman–Crippen LogP) is 8.79. The smallest absolute Gasteiger partial charge is 0.337 e. The quantitative estimate of drug-likeness (QED) is 0.203. The maximum absolute atomic E-state index is 12.6. The monoisotopic (exact) mass is 610 g/mol. The average Bonchev–Trinajstić information content (AvgIpc) is 3.51. The second kappa shape index (κ2) is 10.9. The van der Waals surface area contributed by atoms with Gasteiger partial charge in [0.05, 0.1) is 27.2 Å². The fraction of sp³-hybridized carbons (Fsp3) is 0.235. The Hall–Kier alpha value is -4.11. The Morgan fingerprint density at radius 3 is 2.42 bits per heavy atom. The number of carboxylic acid groups (broad SMARTS) is 1. The van der Waals surface area contributed by atoms with Gasteiger partial charge in [0, 0.05) is 46.5 Å². The summed E-state index contributed by atoms with van der Waals surface area (Å²) in [4.78, 5) is 27.2. The third-order valence-electron chi connectivity index (χ3n) is 7.31. The lowest BCUT2D eigenvalue weighted by atomic mass is 9.91. The number of fused-ring (bicyclic) bond motifs is 2. The minimum absolute atomic E-state index is 0.599. The summed E-state index contributed by atoms with van der Waals surface area (Å²) in [5, 5.41) is 12.8. The van der Waals surface area contributed by atoms with E-state index in [0.717, 1.165) is 59.9 Å². The molecule has 1 N–H and O–H groups in total. The molecule has 1 atom stereocenters. The predicted molar refractivity (Wildman–Crippen MR) is 174 cm³/mol. The number of aromatic nitrogens is 4. The Morgan fingerprint density at radius 1 is 0.977 bits per heavy atom. The zero-order chi connectivity index (χ0) is 30.6. The number of hydrogen-bond donors (Lipinski definition) is 1. The Kier molecular flexibility index (Phi) is 7.32. The molecule has 7 nitrogen and oxygen atoms in total. The van der Waals surface area contributed by atoms with Gasteiger partial charge in [0.15, 0.2) is 6.10 Å². The molecule has 0 saturated carbocycles. The molecule has 0 amide bonds. The second-order valence-electron chi connectivity index (χ2n) is 11.7. The summed E-state index contributed by atoms with van der Waals surface area (Å²) in [5.41, 5.74) is 7.64. The van der Waals surface area contributed by atoms with E-state index in [9.17, 15) is 9.90 Å². The minimum atomic E-state index is -1.17. The van der Waals surface area contributed by atoms with Gasteiger partial charge in [0.2, 0.25) is 0 Å². The van der Waals surface area contributed by atoms with Crippen molar-refractivity contribution in [2.24, 2.45) is 7.05 Å². The van der Waals surface area contributed by atoms with Gasteiger partial charge in [-0.2, -0.15) is 0 Å². The Balaban J connectivity index is 1.53. The maximum Gasteiger partial charge on any atom is 0.337 e. The number of halogens is 1. The molecule has 0 aliphatic rings. The van der Waals surface area contributed by atoms with Gasteiger partial charge in [0.25, 0.3) is 0 Å². The van der Waals surface area contributed by atoms with Gasteiger partial charge < -0.3 is 14.4 Å². The topological polar surface area (TPSA) is 90.1 Å². The minimum Gasteiger partial charge on any atom is -0.479 e. The van der Waals surface area contributed by atoms with Crippen LogP contribution in [-0.4, -0.2) is 36.2 Å². The van der Waals surface area contributed by atoms with E-state index in [-0.39, 0.29) is 0 Å². The molecule has 218 valence electrons. The average molecular weight is 611 g/mol. The van der Waals surface area contributed by atoms with E-state index in [0.29, 0.717) is 10.6 Å². The summed E-state index contributed by atoms with van der Waals surface area (Å²) >= 11 is 7.75. The SMILES string of the molecule is Cc1cc2nc(-c3ccnc(-c4ccc5c(C)cn(C)c5n4)c3)sc2c(-c2ccc(Cl)cc2)c1C(OC(C)(C)C)C(=O)O. The lowest BCUT2D eigenvalue weighted by molar-refractivity contribution is -0.160. The maximum atomic E-state index is 12.6. The molecule has 0 saturated heterocycles. The van der Waals surface area contributed by atoms with Crippen LogP contribution in [0.25, 0.3) is 54.3 Å². The van der Waals surface area contributed by atoms with Crippen LogP contribution >= 0.6 is 22.9 Å². The zero-order valence-electron chi connectivity index (χ0n) is 24.8. The molecular formula is C34H31ClN4O3S. The molecule has 4 aromatic heterocycles. The van der Waals surface area contributed by atoms with E-state index in [4.69, 9.17) is 26.3 Å². The highest BCUT2D eigenvalue weighted by molar-refractivity contribution is 7.22. The molecule has 0 aliphatic heterocycles. The van der Waals surface area contributed by atoms with Crippen molar-refractivity contribution < 1.29 is 14.6 Å². The van der Waals surface area contributed by atoms with Crippen LogP contribution in [0.4, 0.5) is 0 Å². The summed E-state index contributed by atoms with van der Waals surface area (Å²) in [6, 6.07) is 17.4. The van der Waals surface area contributed by atoms with Crippen molar-refractivity contribution in [1.29, 1.82) is 0 Å². The third-order valence-corrected chi connectivity index (χ3v) is 8.70. The van der Waals surface area contributed by atoms with Crippen LogP contribution in [0.5, 0.6) is 0 Å². The van der Waals surface area contributed by atoms with E-state index in [1.54, 1.807) is 6.20 Å². The molecule has 6 rings (SSSR count). The number of aliphatic carboxylic acids is 1. The molecule has 2 aromatic carbocycles. The number of benzene rings is 2. The van der Waals surface area contributed by atoms with Crippen molar-refractivity contribution in [2.45, 2.75) is 46.3 Å². The highest BCUT2D eigenvalue weighted by Crippen LogP contribution is 2.44. The number of nitrogens with zero attached hydrogens (tertiary/aromatic N) is 4. The fourth-order valence-electron chi connectivity index (χ4n) is 5.45. The molecule has 0 bridgehead atoms. The van der Waals surface area contributed by atoms with Gasteiger partial charge in [-0.05, 0) is 93.8 Å². The number of aryl methyl sites for hydroxylation is 3. The first kappa shape index (κ1) is 29.0. The van der Waals surface area contributed by atoms with E-state index in [1.807, 2.05) is 87.8 Å². The molecule has 6 aromatic rings. The van der Waals surface area contributed by atoms with Crippen LogP contribution in [0.1, 0.15) is 43.6 Å². The Labute approximate surface area is 258 Å². The van der Waals surface area contributed by atoms with Crippen LogP contribution in [0.15, 0.2) is 67.0 Å². The molecule has 4 heterocycles. The molecule has 1 unspecified atom stereocenters. The lowest BCUT2D eigenvalue weighted by Crippen LogP contribution is -2.28. The van der Waals surface area contributed by atoms with Crippen LogP contribution in [0, 0.1) is 13.8 Å². The van der Waals surface area contributed by atoms with Crippen molar-refractivity contribution in [1.82, 2.24) is 19.5 Å². The van der Waals surface area contributed by atoms with Crippen molar-refractivity contribution in [2.75, 3.05) is 0 Å². The number of rotatable bonds is 6. The molecule has 43 heavy (non-hydrogen) atoms. The first-order valence-corrected chi connectivity index (χ1v) is 15.1. The highest BCUT2D eigenvalue weighted by Gasteiger charge is 2.32. The van der Waals surface area contributed by atoms with Gasteiger partial charge >= 0.3 is 5.97 Å². The van der Waals surface area contributed by atoms with Crippen LogP contribution in [0.2, 0.25) is 5.02 Å². The number of carbonyl (C=O) groups is 1. The van der Waals surface area contributed by atoms with Crippen molar-refractivity contribution in [3.63, 3.8) is 0 Å². The highest BCUT2D eigenvalue weighted by atomic mass is 35.5. The van der Waals surface area contributed by atoms with Gasteiger partial charge in [-0.25, -0.2) is 14.8 Å². The van der Waals surface area contributed by atoms with Gasteiger partial charge in [-0.3, -0.25) is 4.98 Å². The molecule has 0 fully saturated rings. The fourth-order valence-corrected chi connectivity index (χ4v) is 6.70. The molecular weight excluding hydrogens is 580 g/mol. The number of thiazole rings is 1. The number of hydrogen-bond acceptors (Lipinski definition) is 6. The third kappa shape index (κ3) is 5.54. The van der Waals surface area contributed by atoms with Crippen LogP contribution < -0.4 is 0 Å². The van der Waals surface area contributed by atoms with Crippen molar-refractivity contribution >= 4 is 50.2 Å². The van der Waals surface area contributed by atoms with Gasteiger partial charge in [0.1, 0.15) is 10.7 Å². The van der Waals surface area contributed by atoms with Crippen LogP contribution in [0.3, 0.4) is 0 Å². The summed E-state index contributed by atoms with van der Waals surface area (Å²) in [5.74, 6) is -1.05. The van der Waals surface area contributed by atoms with E-state index in [2.05, 4.69) is 24.2 Å². The van der Waals surface area contributed by atoms with Crippen molar-refractivity contribution in [3.8, 4) is 33.1 Å². The van der Waals surface area contributed by atoms with Crippen LogP contribution in [-0.2, 0) is 16.6 Å². The number of ether oxygens (including phenoxy) is 1. The molecule has 0 radical (unpaired) electrons. The summed E-state index contributed by atoms with van der Waals surface area (Å²) < 4.78 is 9.04. The summed E-state index contributed by atoms with van der Waals surface area (Å²) in [7, 11) is 1.99. The first-order valence-electron chi connectivity index (χ1n) is 13.9. The number of carboxylic acids is 1. The molecule has 0 aliphatic carbocycles. The van der Waals surface area contributed by atoms with E-state index in [1.165, 1.54) is 16.9 Å². The standard InChI is InChI=1S/C34H31ClN4O3S/c1-18-15-26-30(28(20-7-9-22(35)10-8-20)27(18)29(33(40)41)42-34(3,4)5)43-32(38-26)21-13-14-36-25(16-21)24-12-11-23-19(2)17-39(6)31(23)37-24/h7-17,29H,1-6H3,(H,40,41). The summed E-state index contributed by atoms with van der Waals surface area (Å²) in [6.45, 7) is 9.56. The Morgan fingerprint density at radius 2 is 1.72 bits per heavy atom. The van der Waals surface area contributed by atoms with Gasteiger partial charge in [-0.15, -0.1) is 11.3 Å². The second-order valence-corrected chi connectivity index (χ2v) is 13.2. The molecule has 9 heteroatoms. The Bertz CT molecular complexity index is 2020. The van der Waals surface area contributed by atoms with E-state index >= 15 is 0 Å². The van der Waals surface area contributed by atoms with Crippen molar-refractivity contribution in [3.05, 3.63) is 88.7 Å². The zero-order valence-corrected chi connectivity index (χ0v) is 26.3. The lowest BCUT2D eigenvalue weighted by Gasteiger charge is -2.28. The van der Waals surface area contributed by atoms with Gasteiger partial charge in [-0.1, -0.05) is 23.7 Å².